The fraction of sp³-hybridized carbons (Fsp3) is 0.222. The van der Waals surface area contributed by atoms with E-state index in [0.29, 0.717) is 29.4 Å². The van der Waals surface area contributed by atoms with Gasteiger partial charge in [-0.25, -0.2) is 0 Å². The molecular weight excluding hydrogens is 204 g/mol. The molecule has 0 radical (unpaired) electrons. The highest BCUT2D eigenvalue weighted by Crippen LogP contribution is 2.30. The highest BCUT2D eigenvalue weighted by molar-refractivity contribution is 6.33. The van der Waals surface area contributed by atoms with Gasteiger partial charge in [0.2, 0.25) is 6.41 Å². The van der Waals surface area contributed by atoms with Crippen LogP contribution in [0.15, 0.2) is 12.1 Å². The molecule has 76 valence electrons. The van der Waals surface area contributed by atoms with Gasteiger partial charge in [0.25, 0.3) is 0 Å². The number of benzene rings is 1. The van der Waals surface area contributed by atoms with Gasteiger partial charge in [0.05, 0.1) is 17.8 Å². The SMILES string of the molecule is COc1cc(NC=O)c(Cl)cc1CN. The Morgan fingerprint density at radius 3 is 2.86 bits per heavy atom. The zero-order valence-electron chi connectivity index (χ0n) is 7.71. The monoisotopic (exact) mass is 214 g/mol. The number of ether oxygens (including phenoxy) is 1. The molecule has 14 heavy (non-hydrogen) atoms. The van der Waals surface area contributed by atoms with Crippen molar-refractivity contribution >= 4 is 23.7 Å². The molecule has 1 amide bonds. The van der Waals surface area contributed by atoms with Gasteiger partial charge in [-0.3, -0.25) is 4.79 Å². The first-order chi connectivity index (χ1) is 6.72. The van der Waals surface area contributed by atoms with Gasteiger partial charge in [0.1, 0.15) is 5.75 Å². The van der Waals surface area contributed by atoms with Crippen molar-refractivity contribution in [3.63, 3.8) is 0 Å². The number of amides is 1. The first-order valence-electron chi connectivity index (χ1n) is 3.99. The molecule has 0 aliphatic heterocycles. The van der Waals surface area contributed by atoms with Gasteiger partial charge >= 0.3 is 0 Å². The number of anilines is 1. The molecule has 0 spiro atoms. The zero-order valence-corrected chi connectivity index (χ0v) is 8.47. The van der Waals surface area contributed by atoms with Gasteiger partial charge in [-0.05, 0) is 6.07 Å². The van der Waals surface area contributed by atoms with Crippen molar-refractivity contribution in [1.29, 1.82) is 0 Å². The second kappa shape index (κ2) is 4.83. The van der Waals surface area contributed by atoms with Crippen molar-refractivity contribution in [3.8, 4) is 5.75 Å². The third-order valence-corrected chi connectivity index (χ3v) is 2.12. The van der Waals surface area contributed by atoms with Crippen molar-refractivity contribution < 1.29 is 9.53 Å². The lowest BCUT2D eigenvalue weighted by atomic mass is 10.2. The van der Waals surface area contributed by atoms with E-state index in [4.69, 9.17) is 22.1 Å². The van der Waals surface area contributed by atoms with Crippen LogP contribution < -0.4 is 15.8 Å². The van der Waals surface area contributed by atoms with Crippen LogP contribution in [0.1, 0.15) is 5.56 Å². The fourth-order valence-electron chi connectivity index (χ4n) is 1.12. The van der Waals surface area contributed by atoms with Gasteiger partial charge in [0, 0.05) is 18.2 Å². The van der Waals surface area contributed by atoms with Crippen molar-refractivity contribution in [3.05, 3.63) is 22.7 Å². The maximum absolute atomic E-state index is 10.2. The van der Waals surface area contributed by atoms with Gasteiger partial charge < -0.3 is 15.8 Å². The summed E-state index contributed by atoms with van der Waals surface area (Å²) >= 11 is 5.88. The molecule has 1 aromatic carbocycles. The molecule has 3 N–H and O–H groups in total. The molecule has 0 unspecified atom stereocenters. The van der Waals surface area contributed by atoms with Crippen LogP contribution in [-0.2, 0) is 11.3 Å². The van der Waals surface area contributed by atoms with E-state index in [-0.39, 0.29) is 0 Å². The predicted octanol–water partition coefficient (Wildman–Crippen LogP) is 1.38. The van der Waals surface area contributed by atoms with Gasteiger partial charge in [-0.2, -0.15) is 0 Å². The standard InChI is InChI=1S/C9H11ClN2O2/c1-14-9-3-8(12-5-13)7(10)2-6(9)4-11/h2-3,5H,4,11H2,1H3,(H,12,13). The van der Waals surface area contributed by atoms with Crippen LogP contribution >= 0.6 is 11.6 Å². The smallest absolute Gasteiger partial charge is 0.211 e. The molecule has 0 aliphatic carbocycles. The maximum Gasteiger partial charge on any atom is 0.211 e. The lowest BCUT2D eigenvalue weighted by Gasteiger charge is -2.10. The predicted molar refractivity (Wildman–Crippen MR) is 55.6 cm³/mol. The second-order valence-electron chi connectivity index (χ2n) is 2.61. The summed E-state index contributed by atoms with van der Waals surface area (Å²) in [7, 11) is 1.53. The quantitative estimate of drug-likeness (QED) is 0.745. The molecule has 0 saturated carbocycles. The molecule has 0 atom stereocenters. The summed E-state index contributed by atoms with van der Waals surface area (Å²) in [5, 5.41) is 2.91. The van der Waals surface area contributed by atoms with Gasteiger partial charge in [0.15, 0.2) is 0 Å². The largest absolute Gasteiger partial charge is 0.496 e. The molecular formula is C9H11ClN2O2. The fourth-order valence-corrected chi connectivity index (χ4v) is 1.36. The Kier molecular flexibility index (Phi) is 3.73. The minimum atomic E-state index is 0.338. The summed E-state index contributed by atoms with van der Waals surface area (Å²) in [6, 6.07) is 3.31. The number of hydrogen-bond acceptors (Lipinski definition) is 3. The Morgan fingerprint density at radius 2 is 2.36 bits per heavy atom. The molecule has 4 nitrogen and oxygen atoms in total. The molecule has 5 heteroatoms. The summed E-state index contributed by atoms with van der Waals surface area (Å²) in [5.74, 6) is 0.612. The molecule has 0 fully saturated rings. The molecule has 0 aliphatic rings. The first kappa shape index (κ1) is 10.8. The zero-order chi connectivity index (χ0) is 10.6. The second-order valence-corrected chi connectivity index (χ2v) is 3.02. The van der Waals surface area contributed by atoms with Crippen molar-refractivity contribution in [1.82, 2.24) is 0 Å². The van der Waals surface area contributed by atoms with E-state index in [2.05, 4.69) is 5.32 Å². The number of carbonyl (C=O) groups is 1. The minimum Gasteiger partial charge on any atom is -0.496 e. The average Bonchev–Trinajstić information content (AvgIpc) is 2.20. The number of nitrogens with one attached hydrogen (secondary N) is 1. The Balaban J connectivity index is 3.15. The summed E-state index contributed by atoms with van der Waals surface area (Å²) in [5.41, 5.74) is 6.80. The molecule has 0 bridgehead atoms. The van der Waals surface area contributed by atoms with Crippen LogP contribution in [-0.4, -0.2) is 13.5 Å². The Bertz CT molecular complexity index is 342. The van der Waals surface area contributed by atoms with Crippen LogP contribution in [0.25, 0.3) is 0 Å². The Morgan fingerprint density at radius 1 is 1.64 bits per heavy atom. The van der Waals surface area contributed by atoms with E-state index in [9.17, 15) is 4.79 Å². The number of nitrogens with two attached hydrogens (primary N) is 1. The van der Waals surface area contributed by atoms with Crippen LogP contribution in [0.3, 0.4) is 0 Å². The van der Waals surface area contributed by atoms with Crippen LogP contribution in [0, 0.1) is 0 Å². The van der Waals surface area contributed by atoms with Crippen molar-refractivity contribution in [2.45, 2.75) is 6.54 Å². The van der Waals surface area contributed by atoms with Gasteiger partial charge in [-0.15, -0.1) is 0 Å². The molecule has 0 aromatic heterocycles. The molecule has 1 rings (SSSR count). The molecule has 0 saturated heterocycles. The van der Waals surface area contributed by atoms with E-state index in [1.54, 1.807) is 12.1 Å². The van der Waals surface area contributed by atoms with Crippen LogP contribution in [0.4, 0.5) is 5.69 Å². The van der Waals surface area contributed by atoms with E-state index < -0.39 is 0 Å². The van der Waals surface area contributed by atoms with Crippen molar-refractivity contribution in [2.75, 3.05) is 12.4 Å². The normalized spacial score (nSPS) is 9.64. The maximum atomic E-state index is 10.2. The minimum absolute atomic E-state index is 0.338. The number of halogens is 1. The summed E-state index contributed by atoms with van der Waals surface area (Å²) in [4.78, 5) is 10.2. The number of methoxy groups -OCH3 is 1. The van der Waals surface area contributed by atoms with E-state index in [0.717, 1.165) is 5.56 Å². The number of rotatable bonds is 4. The van der Waals surface area contributed by atoms with Gasteiger partial charge in [-0.1, -0.05) is 11.6 Å². The lowest BCUT2D eigenvalue weighted by molar-refractivity contribution is -0.105. The highest BCUT2D eigenvalue weighted by atomic mass is 35.5. The Labute approximate surface area is 87.0 Å². The number of hydrogen-bond donors (Lipinski definition) is 2. The van der Waals surface area contributed by atoms with Crippen LogP contribution in [0.5, 0.6) is 5.75 Å². The summed E-state index contributed by atoms with van der Waals surface area (Å²) < 4.78 is 5.08. The molecule has 1 aromatic rings. The van der Waals surface area contributed by atoms with E-state index in [1.165, 1.54) is 7.11 Å². The third kappa shape index (κ3) is 2.16. The molecule has 0 heterocycles. The van der Waals surface area contributed by atoms with Crippen LogP contribution in [0.2, 0.25) is 5.02 Å². The third-order valence-electron chi connectivity index (χ3n) is 1.80. The lowest BCUT2D eigenvalue weighted by Crippen LogP contribution is -2.02. The topological polar surface area (TPSA) is 64.3 Å². The number of carbonyl (C=O) groups excluding carboxylic acids is 1. The Hall–Kier alpha value is -1.26. The summed E-state index contributed by atoms with van der Waals surface area (Å²) in [6.07, 6.45) is 0.558. The van der Waals surface area contributed by atoms with Crippen molar-refractivity contribution in [2.24, 2.45) is 5.73 Å². The first-order valence-corrected chi connectivity index (χ1v) is 4.37. The highest BCUT2D eigenvalue weighted by Gasteiger charge is 2.07. The van der Waals surface area contributed by atoms with E-state index in [1.807, 2.05) is 0 Å². The average molecular weight is 215 g/mol. The summed E-state index contributed by atoms with van der Waals surface area (Å²) in [6.45, 7) is 0.338. The van der Waals surface area contributed by atoms with E-state index >= 15 is 0 Å².